The summed E-state index contributed by atoms with van der Waals surface area (Å²) in [5.41, 5.74) is 0.380. The third-order valence-electron chi connectivity index (χ3n) is 3.10. The lowest BCUT2D eigenvalue weighted by molar-refractivity contribution is -0.141. The Morgan fingerprint density at radius 3 is 2.55 bits per heavy atom. The summed E-state index contributed by atoms with van der Waals surface area (Å²) in [6.07, 6.45) is 0. The van der Waals surface area contributed by atoms with Crippen LogP contribution in [0.5, 0.6) is 5.75 Å². The number of halogens is 1. The van der Waals surface area contributed by atoms with Gasteiger partial charge < -0.3 is 14.8 Å². The highest BCUT2D eigenvalue weighted by atomic mass is 35.5. The quantitative estimate of drug-likeness (QED) is 0.860. The second-order valence-electron chi connectivity index (χ2n) is 4.47. The summed E-state index contributed by atoms with van der Waals surface area (Å²) in [6, 6.07) is 8.80. The monoisotopic (exact) mass is 321 g/mol. The van der Waals surface area contributed by atoms with E-state index in [0.717, 1.165) is 5.39 Å². The van der Waals surface area contributed by atoms with Crippen LogP contribution in [0.4, 0.5) is 0 Å². The molecule has 0 heterocycles. The van der Waals surface area contributed by atoms with Crippen LogP contribution in [0.2, 0.25) is 5.02 Å². The molecule has 0 saturated heterocycles. The number of carbonyl (C=O) groups excluding carboxylic acids is 2. The van der Waals surface area contributed by atoms with Crippen molar-refractivity contribution in [2.75, 3.05) is 20.3 Å². The summed E-state index contributed by atoms with van der Waals surface area (Å²) in [6.45, 7) is 1.78. The van der Waals surface area contributed by atoms with Crippen molar-refractivity contribution in [3.05, 3.63) is 40.9 Å². The van der Waals surface area contributed by atoms with Crippen LogP contribution in [0.1, 0.15) is 17.3 Å². The van der Waals surface area contributed by atoms with E-state index in [1.54, 1.807) is 13.0 Å². The van der Waals surface area contributed by atoms with Crippen LogP contribution in [0, 0.1) is 0 Å². The predicted octanol–water partition coefficient (Wildman–Crippen LogP) is 2.79. The van der Waals surface area contributed by atoms with Gasteiger partial charge in [0.2, 0.25) is 0 Å². The molecule has 0 aromatic heterocycles. The van der Waals surface area contributed by atoms with E-state index in [4.69, 9.17) is 21.1 Å². The van der Waals surface area contributed by atoms with E-state index in [2.05, 4.69) is 5.32 Å². The molecule has 0 radical (unpaired) electrons. The molecule has 0 atom stereocenters. The van der Waals surface area contributed by atoms with E-state index in [1.807, 2.05) is 18.2 Å². The van der Waals surface area contributed by atoms with Crippen molar-refractivity contribution in [3.8, 4) is 5.75 Å². The van der Waals surface area contributed by atoms with Crippen molar-refractivity contribution in [3.63, 3.8) is 0 Å². The normalized spacial score (nSPS) is 10.3. The molecule has 2 rings (SSSR count). The van der Waals surface area contributed by atoms with Gasteiger partial charge in [-0.2, -0.15) is 0 Å². The number of benzene rings is 2. The molecule has 22 heavy (non-hydrogen) atoms. The first kappa shape index (κ1) is 16.1. The molecule has 1 amide bonds. The molecule has 0 saturated carbocycles. The molecule has 2 aromatic rings. The van der Waals surface area contributed by atoms with Crippen molar-refractivity contribution in [1.29, 1.82) is 0 Å². The van der Waals surface area contributed by atoms with Gasteiger partial charge in [-0.1, -0.05) is 35.9 Å². The Morgan fingerprint density at radius 2 is 1.91 bits per heavy atom. The van der Waals surface area contributed by atoms with Gasteiger partial charge in [0.15, 0.2) is 0 Å². The van der Waals surface area contributed by atoms with Gasteiger partial charge in [0, 0.05) is 10.9 Å². The van der Waals surface area contributed by atoms with Crippen LogP contribution in [0.15, 0.2) is 30.3 Å². The lowest BCUT2D eigenvalue weighted by atomic mass is 10.0. The minimum Gasteiger partial charge on any atom is -0.495 e. The molecule has 0 bridgehead atoms. The smallest absolute Gasteiger partial charge is 0.325 e. The van der Waals surface area contributed by atoms with Crippen molar-refractivity contribution in [2.24, 2.45) is 0 Å². The number of hydrogen-bond donors (Lipinski definition) is 1. The van der Waals surface area contributed by atoms with Crippen molar-refractivity contribution in [1.82, 2.24) is 5.32 Å². The lowest BCUT2D eigenvalue weighted by Gasteiger charge is -2.12. The topological polar surface area (TPSA) is 64.6 Å². The third-order valence-corrected chi connectivity index (χ3v) is 3.38. The molecule has 5 nitrogen and oxygen atoms in total. The number of carbonyl (C=O) groups is 2. The minimum atomic E-state index is -0.486. The van der Waals surface area contributed by atoms with Crippen LogP contribution >= 0.6 is 11.6 Å². The Balaban J connectivity index is 2.35. The van der Waals surface area contributed by atoms with Crippen LogP contribution in [-0.4, -0.2) is 32.1 Å². The van der Waals surface area contributed by atoms with Crippen molar-refractivity contribution >= 4 is 34.2 Å². The number of ether oxygens (including phenoxy) is 2. The second-order valence-corrected chi connectivity index (χ2v) is 4.88. The zero-order chi connectivity index (χ0) is 16.1. The van der Waals surface area contributed by atoms with Crippen LogP contribution in [0.25, 0.3) is 10.8 Å². The number of methoxy groups -OCH3 is 1. The fraction of sp³-hybridized carbons (Fsp3) is 0.250. The van der Waals surface area contributed by atoms with Crippen LogP contribution in [0.3, 0.4) is 0 Å². The fourth-order valence-electron chi connectivity index (χ4n) is 2.17. The number of nitrogens with one attached hydrogen (secondary N) is 1. The summed E-state index contributed by atoms with van der Waals surface area (Å²) in [5.74, 6) is -0.368. The van der Waals surface area contributed by atoms with E-state index in [0.29, 0.717) is 21.7 Å². The van der Waals surface area contributed by atoms with Gasteiger partial charge in [0.05, 0.1) is 18.7 Å². The average molecular weight is 322 g/mol. The van der Waals surface area contributed by atoms with Gasteiger partial charge in [0.25, 0.3) is 5.91 Å². The molecule has 2 aromatic carbocycles. The minimum absolute atomic E-state index is 0.190. The van der Waals surface area contributed by atoms with Gasteiger partial charge in [0.1, 0.15) is 12.3 Å². The first-order valence-corrected chi connectivity index (χ1v) is 7.15. The highest BCUT2D eigenvalue weighted by Gasteiger charge is 2.17. The molecule has 0 unspecified atom stereocenters. The zero-order valence-corrected chi connectivity index (χ0v) is 13.1. The highest BCUT2D eigenvalue weighted by molar-refractivity contribution is 6.34. The maximum absolute atomic E-state index is 12.3. The van der Waals surface area contributed by atoms with Gasteiger partial charge >= 0.3 is 5.97 Å². The summed E-state index contributed by atoms with van der Waals surface area (Å²) >= 11 is 6.17. The summed E-state index contributed by atoms with van der Waals surface area (Å²) in [7, 11) is 1.52. The van der Waals surface area contributed by atoms with E-state index >= 15 is 0 Å². The van der Waals surface area contributed by atoms with Gasteiger partial charge in [-0.05, 0) is 18.4 Å². The number of esters is 1. The molecule has 0 aliphatic carbocycles. The first-order chi connectivity index (χ1) is 10.6. The molecule has 0 aliphatic heterocycles. The summed E-state index contributed by atoms with van der Waals surface area (Å²) in [4.78, 5) is 23.6. The van der Waals surface area contributed by atoms with Gasteiger partial charge in [-0.3, -0.25) is 9.59 Å². The number of amides is 1. The standard InChI is InChI=1S/C16H16ClNO4/c1-3-22-14(19)9-18-16(20)12-8-13(17)15(21-2)11-7-5-4-6-10(11)12/h4-8H,3,9H2,1-2H3,(H,18,20). The third kappa shape index (κ3) is 3.31. The molecular weight excluding hydrogens is 306 g/mol. The van der Waals surface area contributed by atoms with E-state index in [-0.39, 0.29) is 13.2 Å². The maximum atomic E-state index is 12.3. The Labute approximate surface area is 133 Å². The van der Waals surface area contributed by atoms with E-state index in [9.17, 15) is 9.59 Å². The number of fused-ring (bicyclic) bond motifs is 1. The number of rotatable bonds is 5. The van der Waals surface area contributed by atoms with E-state index < -0.39 is 11.9 Å². The first-order valence-electron chi connectivity index (χ1n) is 6.77. The van der Waals surface area contributed by atoms with Crippen LogP contribution in [-0.2, 0) is 9.53 Å². The molecule has 1 N–H and O–H groups in total. The Kier molecular flexibility index (Phi) is 5.22. The number of hydrogen-bond acceptors (Lipinski definition) is 4. The molecule has 0 spiro atoms. The lowest BCUT2D eigenvalue weighted by Crippen LogP contribution is -2.30. The highest BCUT2D eigenvalue weighted by Crippen LogP contribution is 2.35. The zero-order valence-electron chi connectivity index (χ0n) is 12.3. The largest absolute Gasteiger partial charge is 0.495 e. The van der Waals surface area contributed by atoms with Gasteiger partial charge in [-0.25, -0.2) is 0 Å². The molecule has 116 valence electrons. The predicted molar refractivity (Wildman–Crippen MR) is 84.5 cm³/mol. The van der Waals surface area contributed by atoms with Crippen molar-refractivity contribution in [2.45, 2.75) is 6.92 Å². The molecule has 0 fully saturated rings. The fourth-order valence-corrected chi connectivity index (χ4v) is 2.46. The van der Waals surface area contributed by atoms with Crippen molar-refractivity contribution < 1.29 is 19.1 Å². The second kappa shape index (κ2) is 7.13. The molecular formula is C16H16ClNO4. The average Bonchev–Trinajstić information content (AvgIpc) is 2.52. The molecule has 0 aliphatic rings. The van der Waals surface area contributed by atoms with E-state index in [1.165, 1.54) is 13.2 Å². The van der Waals surface area contributed by atoms with Crippen LogP contribution < -0.4 is 10.1 Å². The Hall–Kier alpha value is -2.27. The maximum Gasteiger partial charge on any atom is 0.325 e. The Morgan fingerprint density at radius 1 is 1.23 bits per heavy atom. The van der Waals surface area contributed by atoms with Gasteiger partial charge in [-0.15, -0.1) is 0 Å². The summed E-state index contributed by atoms with van der Waals surface area (Å²) in [5, 5.41) is 4.30. The SMILES string of the molecule is CCOC(=O)CNC(=O)c1cc(Cl)c(OC)c2ccccc12. The molecule has 6 heteroatoms. The summed E-state index contributed by atoms with van der Waals surface area (Å²) < 4.78 is 10.1. The Bertz CT molecular complexity index is 715.